The number of carbonyl (C=O) groups excluding carboxylic acids is 3. The SMILES string of the molecule is CC(C)C(NC(=O)C(CO)NC(=O)C(Cc1ccc(O)cc1)NC(=O)C(N)CCC(=O)O)C(=O)O. The number of phenols is 1. The van der Waals surface area contributed by atoms with Crippen LogP contribution in [0, 0.1) is 5.92 Å². The predicted octanol–water partition coefficient (Wildman–Crippen LogP) is -1.69. The van der Waals surface area contributed by atoms with Crippen molar-refractivity contribution in [1.82, 2.24) is 16.0 Å². The highest BCUT2D eigenvalue weighted by molar-refractivity contribution is 5.94. The Morgan fingerprint density at radius 2 is 1.43 bits per heavy atom. The van der Waals surface area contributed by atoms with E-state index >= 15 is 0 Å². The number of aromatic hydroxyl groups is 1. The number of carbonyl (C=O) groups is 5. The van der Waals surface area contributed by atoms with Gasteiger partial charge < -0.3 is 42.1 Å². The summed E-state index contributed by atoms with van der Waals surface area (Å²) in [6, 6.07) is 0.464. The van der Waals surface area contributed by atoms with Crippen molar-refractivity contribution < 1.29 is 44.4 Å². The molecule has 0 aromatic heterocycles. The van der Waals surface area contributed by atoms with Crippen LogP contribution < -0.4 is 21.7 Å². The van der Waals surface area contributed by atoms with Crippen molar-refractivity contribution in [1.29, 1.82) is 0 Å². The number of hydrogen-bond acceptors (Lipinski definition) is 8. The van der Waals surface area contributed by atoms with Crippen molar-refractivity contribution in [3.05, 3.63) is 29.8 Å². The van der Waals surface area contributed by atoms with E-state index in [4.69, 9.17) is 10.8 Å². The lowest BCUT2D eigenvalue weighted by Crippen LogP contribution is -2.59. The maximum absolute atomic E-state index is 12.9. The van der Waals surface area contributed by atoms with E-state index in [1.54, 1.807) is 13.8 Å². The second-order valence-corrected chi connectivity index (χ2v) is 8.28. The second-order valence-electron chi connectivity index (χ2n) is 8.28. The standard InChI is InChI=1S/C22H32N4O9/c1-11(2)18(22(34)35)26-21(33)16(10-27)25-20(32)15(9-12-3-5-13(28)6-4-12)24-19(31)14(23)7-8-17(29)30/h3-6,11,14-16,18,27-28H,7-10,23H2,1-2H3,(H,24,31)(H,25,32)(H,26,33)(H,29,30)(H,34,35). The summed E-state index contributed by atoms with van der Waals surface area (Å²) in [5, 5.41) is 44.0. The fourth-order valence-corrected chi connectivity index (χ4v) is 3.00. The van der Waals surface area contributed by atoms with Gasteiger partial charge in [0.25, 0.3) is 0 Å². The number of aliphatic hydroxyl groups excluding tert-OH is 1. The van der Waals surface area contributed by atoms with Crippen LogP contribution in [0.5, 0.6) is 5.75 Å². The Labute approximate surface area is 201 Å². The van der Waals surface area contributed by atoms with E-state index in [0.29, 0.717) is 5.56 Å². The molecule has 0 saturated carbocycles. The zero-order chi connectivity index (χ0) is 26.7. The molecule has 35 heavy (non-hydrogen) atoms. The molecule has 1 rings (SSSR count). The number of nitrogens with two attached hydrogens (primary N) is 1. The van der Waals surface area contributed by atoms with E-state index in [-0.39, 0.29) is 25.0 Å². The molecule has 0 saturated heterocycles. The van der Waals surface area contributed by atoms with Crippen LogP contribution in [0.15, 0.2) is 24.3 Å². The highest BCUT2D eigenvalue weighted by atomic mass is 16.4. The Morgan fingerprint density at radius 3 is 1.91 bits per heavy atom. The fraction of sp³-hybridized carbons (Fsp3) is 0.500. The number of aliphatic hydroxyl groups is 1. The van der Waals surface area contributed by atoms with Crippen LogP contribution in [0.25, 0.3) is 0 Å². The van der Waals surface area contributed by atoms with Crippen molar-refractivity contribution in [2.45, 2.75) is 57.3 Å². The van der Waals surface area contributed by atoms with Gasteiger partial charge in [-0.3, -0.25) is 19.2 Å². The maximum atomic E-state index is 12.9. The highest BCUT2D eigenvalue weighted by Gasteiger charge is 2.31. The van der Waals surface area contributed by atoms with Gasteiger partial charge in [0.05, 0.1) is 12.6 Å². The van der Waals surface area contributed by atoms with Gasteiger partial charge in [0.2, 0.25) is 17.7 Å². The molecular formula is C22H32N4O9. The molecule has 1 aromatic rings. The number of amides is 3. The summed E-state index contributed by atoms with van der Waals surface area (Å²) >= 11 is 0. The Morgan fingerprint density at radius 1 is 0.886 bits per heavy atom. The summed E-state index contributed by atoms with van der Waals surface area (Å²) in [5.74, 6) is -5.54. The quantitative estimate of drug-likeness (QED) is 0.146. The molecule has 0 aliphatic carbocycles. The van der Waals surface area contributed by atoms with E-state index in [1.807, 2.05) is 0 Å². The minimum absolute atomic E-state index is 0.0235. The molecule has 0 bridgehead atoms. The van der Waals surface area contributed by atoms with Crippen LogP contribution in [0.2, 0.25) is 0 Å². The predicted molar refractivity (Wildman–Crippen MR) is 122 cm³/mol. The Balaban J connectivity index is 3.02. The van der Waals surface area contributed by atoms with E-state index < -0.39 is 66.4 Å². The van der Waals surface area contributed by atoms with Gasteiger partial charge in [0.15, 0.2) is 0 Å². The Kier molecular flexibility index (Phi) is 11.6. The summed E-state index contributed by atoms with van der Waals surface area (Å²) in [6.45, 7) is 2.30. The fourth-order valence-electron chi connectivity index (χ4n) is 3.00. The van der Waals surface area contributed by atoms with Gasteiger partial charge in [-0.25, -0.2) is 4.79 Å². The Hall–Kier alpha value is -3.71. The number of carboxylic acid groups (broad SMARTS) is 2. The zero-order valence-corrected chi connectivity index (χ0v) is 19.4. The lowest BCUT2D eigenvalue weighted by molar-refractivity contribution is -0.144. The van der Waals surface area contributed by atoms with Crippen molar-refractivity contribution in [2.75, 3.05) is 6.61 Å². The molecule has 4 unspecified atom stereocenters. The smallest absolute Gasteiger partial charge is 0.326 e. The number of carboxylic acids is 2. The van der Waals surface area contributed by atoms with Gasteiger partial charge in [-0.05, 0) is 30.0 Å². The van der Waals surface area contributed by atoms with Gasteiger partial charge >= 0.3 is 11.9 Å². The third kappa shape index (κ3) is 9.98. The van der Waals surface area contributed by atoms with Crippen molar-refractivity contribution >= 4 is 29.7 Å². The van der Waals surface area contributed by atoms with E-state index in [9.17, 15) is 39.3 Å². The number of benzene rings is 1. The molecular weight excluding hydrogens is 464 g/mol. The summed E-state index contributed by atoms with van der Waals surface area (Å²) in [4.78, 5) is 60.0. The average Bonchev–Trinajstić information content (AvgIpc) is 2.79. The molecule has 0 spiro atoms. The summed E-state index contributed by atoms with van der Waals surface area (Å²) < 4.78 is 0. The van der Waals surface area contributed by atoms with Crippen molar-refractivity contribution in [2.24, 2.45) is 11.7 Å². The van der Waals surface area contributed by atoms with Crippen LogP contribution in [0.1, 0.15) is 32.3 Å². The first-order valence-corrected chi connectivity index (χ1v) is 10.9. The van der Waals surface area contributed by atoms with Crippen LogP contribution in [-0.2, 0) is 30.4 Å². The lowest BCUT2D eigenvalue weighted by atomic mass is 10.0. The molecule has 13 heteroatoms. The minimum Gasteiger partial charge on any atom is -0.508 e. The molecule has 13 nitrogen and oxygen atoms in total. The summed E-state index contributed by atoms with van der Waals surface area (Å²) in [6.07, 6.45) is -0.633. The molecule has 194 valence electrons. The molecule has 0 aliphatic heterocycles. The third-order valence-corrected chi connectivity index (χ3v) is 5.06. The third-order valence-electron chi connectivity index (χ3n) is 5.06. The van der Waals surface area contributed by atoms with E-state index in [2.05, 4.69) is 16.0 Å². The van der Waals surface area contributed by atoms with Crippen LogP contribution in [0.4, 0.5) is 0 Å². The monoisotopic (exact) mass is 496 g/mol. The van der Waals surface area contributed by atoms with E-state index in [0.717, 1.165) is 0 Å². The number of rotatable bonds is 14. The number of nitrogens with one attached hydrogen (secondary N) is 3. The molecule has 0 fully saturated rings. The normalized spacial score (nSPS) is 14.3. The first-order valence-electron chi connectivity index (χ1n) is 10.9. The zero-order valence-electron chi connectivity index (χ0n) is 19.4. The lowest BCUT2D eigenvalue weighted by Gasteiger charge is -2.25. The van der Waals surface area contributed by atoms with Crippen LogP contribution >= 0.6 is 0 Å². The van der Waals surface area contributed by atoms with Gasteiger partial charge in [-0.15, -0.1) is 0 Å². The molecule has 0 radical (unpaired) electrons. The molecule has 3 amide bonds. The number of phenolic OH excluding ortho intramolecular Hbond substituents is 1. The number of hydrogen-bond donors (Lipinski definition) is 8. The van der Waals surface area contributed by atoms with Crippen molar-refractivity contribution in [3.63, 3.8) is 0 Å². The minimum atomic E-state index is -1.51. The van der Waals surface area contributed by atoms with Gasteiger partial charge in [0.1, 0.15) is 23.9 Å². The molecule has 4 atom stereocenters. The largest absolute Gasteiger partial charge is 0.508 e. The average molecular weight is 497 g/mol. The second kappa shape index (κ2) is 13.9. The van der Waals surface area contributed by atoms with Gasteiger partial charge in [-0.1, -0.05) is 26.0 Å². The van der Waals surface area contributed by atoms with Gasteiger partial charge in [-0.2, -0.15) is 0 Å². The molecule has 9 N–H and O–H groups in total. The maximum Gasteiger partial charge on any atom is 0.326 e. The molecule has 0 aliphatic rings. The van der Waals surface area contributed by atoms with Crippen LogP contribution in [-0.4, -0.2) is 80.9 Å². The molecule has 1 aromatic carbocycles. The Bertz CT molecular complexity index is 905. The first-order chi connectivity index (χ1) is 16.3. The first kappa shape index (κ1) is 29.3. The van der Waals surface area contributed by atoms with Gasteiger partial charge in [0, 0.05) is 12.8 Å². The highest BCUT2D eigenvalue weighted by Crippen LogP contribution is 2.12. The topological polar surface area (TPSA) is 228 Å². The molecule has 0 heterocycles. The van der Waals surface area contributed by atoms with E-state index in [1.165, 1.54) is 24.3 Å². The van der Waals surface area contributed by atoms with Crippen molar-refractivity contribution in [3.8, 4) is 5.75 Å². The van der Waals surface area contributed by atoms with Crippen LogP contribution in [0.3, 0.4) is 0 Å². The summed E-state index contributed by atoms with van der Waals surface area (Å²) in [7, 11) is 0. The summed E-state index contributed by atoms with van der Waals surface area (Å²) in [5.41, 5.74) is 6.24. The number of aliphatic carboxylic acids is 2.